The van der Waals surface area contributed by atoms with Crippen LogP contribution in [0.4, 0.5) is 0 Å². The van der Waals surface area contributed by atoms with E-state index in [9.17, 15) is 9.59 Å². The first-order valence-corrected chi connectivity index (χ1v) is 7.31. The van der Waals surface area contributed by atoms with Gasteiger partial charge in [-0.1, -0.05) is 0 Å². The van der Waals surface area contributed by atoms with Crippen molar-refractivity contribution < 1.29 is 14.3 Å². The lowest BCUT2D eigenvalue weighted by Crippen LogP contribution is -2.32. The van der Waals surface area contributed by atoms with Crippen LogP contribution in [0.2, 0.25) is 0 Å². The average Bonchev–Trinajstić information content (AvgIpc) is 3.05. The Labute approximate surface area is 118 Å². The fourth-order valence-electron chi connectivity index (χ4n) is 3.10. The summed E-state index contributed by atoms with van der Waals surface area (Å²) in [6, 6.07) is 0. The van der Waals surface area contributed by atoms with Gasteiger partial charge in [-0.25, -0.2) is 0 Å². The van der Waals surface area contributed by atoms with Crippen molar-refractivity contribution in [3.63, 3.8) is 0 Å². The first-order chi connectivity index (χ1) is 9.66. The van der Waals surface area contributed by atoms with Gasteiger partial charge in [0, 0.05) is 30.8 Å². The van der Waals surface area contributed by atoms with Crippen LogP contribution >= 0.6 is 0 Å². The number of hydrogen-bond acceptors (Lipinski definition) is 3. The zero-order chi connectivity index (χ0) is 14.1. The van der Waals surface area contributed by atoms with Gasteiger partial charge in [0.1, 0.15) is 5.69 Å². The molecule has 1 saturated heterocycles. The molecule has 3 rings (SSSR count). The Morgan fingerprint density at radius 1 is 1.40 bits per heavy atom. The summed E-state index contributed by atoms with van der Waals surface area (Å²) in [6.45, 7) is 3.17. The van der Waals surface area contributed by atoms with Gasteiger partial charge in [0.25, 0.3) is 5.91 Å². The molecule has 2 aliphatic rings. The number of aromatic nitrogens is 1. The maximum Gasteiger partial charge on any atom is 0.268 e. The minimum Gasteiger partial charge on any atom is -0.376 e. The second-order valence-corrected chi connectivity index (χ2v) is 5.60. The lowest BCUT2D eigenvalue weighted by molar-refractivity contribution is 0.0853. The third kappa shape index (κ3) is 2.38. The van der Waals surface area contributed by atoms with Gasteiger partial charge in [-0.3, -0.25) is 9.59 Å². The number of fused-ring (bicyclic) bond motifs is 1. The fourth-order valence-corrected chi connectivity index (χ4v) is 3.10. The first-order valence-electron chi connectivity index (χ1n) is 7.31. The summed E-state index contributed by atoms with van der Waals surface area (Å²) >= 11 is 0. The third-order valence-electron chi connectivity index (χ3n) is 4.18. The zero-order valence-electron chi connectivity index (χ0n) is 11.8. The predicted octanol–water partition coefficient (Wildman–Crippen LogP) is 1.75. The topological polar surface area (TPSA) is 71.2 Å². The number of ketones is 1. The minimum absolute atomic E-state index is 0.130. The highest BCUT2D eigenvalue weighted by Crippen LogP contribution is 2.26. The van der Waals surface area contributed by atoms with Crippen LogP contribution in [0.3, 0.4) is 0 Å². The van der Waals surface area contributed by atoms with Gasteiger partial charge < -0.3 is 15.0 Å². The number of carbonyl (C=O) groups is 2. The van der Waals surface area contributed by atoms with E-state index in [1.54, 1.807) is 0 Å². The van der Waals surface area contributed by atoms with Crippen molar-refractivity contribution in [1.29, 1.82) is 0 Å². The van der Waals surface area contributed by atoms with Crippen molar-refractivity contribution in [2.24, 2.45) is 0 Å². The van der Waals surface area contributed by atoms with Crippen molar-refractivity contribution in [2.45, 2.75) is 45.1 Å². The Bertz CT molecular complexity index is 542. The highest BCUT2D eigenvalue weighted by molar-refractivity contribution is 6.04. The monoisotopic (exact) mass is 276 g/mol. The Morgan fingerprint density at radius 2 is 2.25 bits per heavy atom. The molecule has 0 bridgehead atoms. The standard InChI is InChI=1S/C15H20N2O3/c1-9-13-11(5-2-6-12(13)18)17-14(9)15(19)16-8-10-4-3-7-20-10/h10,17H,2-8H2,1H3,(H,16,19). The molecule has 1 aliphatic carbocycles. The molecule has 1 aromatic heterocycles. The quantitative estimate of drug-likeness (QED) is 0.883. The van der Waals surface area contributed by atoms with E-state index in [1.165, 1.54) is 0 Å². The number of hydrogen-bond donors (Lipinski definition) is 2. The second kappa shape index (κ2) is 5.40. The molecule has 1 atom stereocenters. The number of aromatic amines is 1. The summed E-state index contributed by atoms with van der Waals surface area (Å²) in [7, 11) is 0. The normalized spacial score (nSPS) is 21.9. The number of rotatable bonds is 3. The van der Waals surface area contributed by atoms with Gasteiger partial charge in [0.2, 0.25) is 0 Å². The number of H-pyrrole nitrogens is 1. The Kier molecular flexibility index (Phi) is 3.61. The second-order valence-electron chi connectivity index (χ2n) is 5.60. The molecule has 1 unspecified atom stereocenters. The third-order valence-corrected chi connectivity index (χ3v) is 4.18. The van der Waals surface area contributed by atoms with Gasteiger partial charge in [-0.2, -0.15) is 0 Å². The first kappa shape index (κ1) is 13.4. The van der Waals surface area contributed by atoms with Crippen LogP contribution in [-0.2, 0) is 11.2 Å². The van der Waals surface area contributed by atoms with Gasteiger partial charge in [-0.15, -0.1) is 0 Å². The van der Waals surface area contributed by atoms with E-state index in [0.29, 0.717) is 18.7 Å². The Balaban J connectivity index is 1.73. The van der Waals surface area contributed by atoms with Crippen molar-refractivity contribution in [3.8, 4) is 0 Å². The Morgan fingerprint density at radius 3 is 2.95 bits per heavy atom. The van der Waals surface area contributed by atoms with Crippen LogP contribution in [0.1, 0.15) is 57.8 Å². The van der Waals surface area contributed by atoms with E-state index >= 15 is 0 Å². The maximum absolute atomic E-state index is 12.2. The summed E-state index contributed by atoms with van der Waals surface area (Å²) in [4.78, 5) is 27.3. The summed E-state index contributed by atoms with van der Waals surface area (Å²) in [5, 5.41) is 2.90. The van der Waals surface area contributed by atoms with E-state index in [-0.39, 0.29) is 17.8 Å². The van der Waals surface area contributed by atoms with Gasteiger partial charge in [0.15, 0.2) is 5.78 Å². The molecule has 1 aromatic rings. The van der Waals surface area contributed by atoms with E-state index in [2.05, 4.69) is 10.3 Å². The minimum atomic E-state index is -0.139. The number of carbonyl (C=O) groups excluding carboxylic acids is 2. The molecule has 1 fully saturated rings. The van der Waals surface area contributed by atoms with Gasteiger partial charge in [0.05, 0.1) is 6.10 Å². The number of nitrogens with one attached hydrogen (secondary N) is 2. The van der Waals surface area contributed by atoms with E-state index in [0.717, 1.165) is 49.1 Å². The maximum atomic E-state index is 12.2. The summed E-state index contributed by atoms with van der Waals surface area (Å²) in [5.41, 5.74) is 2.97. The number of ether oxygens (including phenoxy) is 1. The zero-order valence-corrected chi connectivity index (χ0v) is 11.8. The van der Waals surface area contributed by atoms with Crippen molar-refractivity contribution >= 4 is 11.7 Å². The van der Waals surface area contributed by atoms with Crippen molar-refractivity contribution in [1.82, 2.24) is 10.3 Å². The fraction of sp³-hybridized carbons (Fsp3) is 0.600. The lowest BCUT2D eigenvalue weighted by Gasteiger charge is -2.10. The molecule has 2 N–H and O–H groups in total. The van der Waals surface area contributed by atoms with E-state index in [4.69, 9.17) is 4.74 Å². The van der Waals surface area contributed by atoms with Crippen LogP contribution in [0, 0.1) is 6.92 Å². The van der Waals surface area contributed by atoms with E-state index < -0.39 is 0 Å². The summed E-state index contributed by atoms with van der Waals surface area (Å²) in [6.07, 6.45) is 4.49. The van der Waals surface area contributed by atoms with Gasteiger partial charge in [-0.05, 0) is 38.2 Å². The number of amides is 1. The molecule has 1 aliphatic heterocycles. The largest absolute Gasteiger partial charge is 0.376 e. The molecule has 108 valence electrons. The smallest absolute Gasteiger partial charge is 0.268 e. The van der Waals surface area contributed by atoms with Crippen molar-refractivity contribution in [2.75, 3.05) is 13.2 Å². The lowest BCUT2D eigenvalue weighted by atomic mass is 9.94. The molecule has 0 saturated carbocycles. The van der Waals surface area contributed by atoms with Crippen LogP contribution < -0.4 is 5.32 Å². The average molecular weight is 276 g/mol. The molecule has 5 heteroatoms. The molecule has 5 nitrogen and oxygen atoms in total. The molecular formula is C15H20N2O3. The molecular weight excluding hydrogens is 256 g/mol. The molecule has 0 radical (unpaired) electrons. The summed E-state index contributed by atoms with van der Waals surface area (Å²) in [5.74, 6) is 0.0124. The highest BCUT2D eigenvalue weighted by atomic mass is 16.5. The highest BCUT2D eigenvalue weighted by Gasteiger charge is 2.26. The molecule has 0 aromatic carbocycles. The molecule has 0 spiro atoms. The van der Waals surface area contributed by atoms with Crippen LogP contribution in [-0.4, -0.2) is 35.9 Å². The Hall–Kier alpha value is -1.62. The molecule has 2 heterocycles. The number of Topliss-reactive ketones (excluding diaryl/α,β-unsaturated/α-hetero) is 1. The van der Waals surface area contributed by atoms with Crippen LogP contribution in [0.25, 0.3) is 0 Å². The molecule has 1 amide bonds. The van der Waals surface area contributed by atoms with Crippen LogP contribution in [0.15, 0.2) is 0 Å². The predicted molar refractivity (Wildman–Crippen MR) is 74.1 cm³/mol. The van der Waals surface area contributed by atoms with Gasteiger partial charge >= 0.3 is 0 Å². The van der Waals surface area contributed by atoms with Crippen molar-refractivity contribution in [3.05, 3.63) is 22.5 Å². The summed E-state index contributed by atoms with van der Waals surface area (Å²) < 4.78 is 5.49. The molecule has 20 heavy (non-hydrogen) atoms. The van der Waals surface area contributed by atoms with Crippen LogP contribution in [0.5, 0.6) is 0 Å². The van der Waals surface area contributed by atoms with E-state index in [1.807, 2.05) is 6.92 Å². The number of aryl methyl sites for hydroxylation is 1. The SMILES string of the molecule is Cc1c(C(=O)NCC2CCCO2)[nH]c2c1C(=O)CCC2.